The number of nitrogens with zero attached hydrogens (tertiary/aromatic N) is 2. The van der Waals surface area contributed by atoms with E-state index in [4.69, 9.17) is 28.6 Å². The largest absolute Gasteiger partial charge is 0.385 e. The normalized spacial score (nSPS) is 15.0. The maximum Gasteiger partial charge on any atom is 0.234 e. The Kier molecular flexibility index (Phi) is 8.58. The van der Waals surface area contributed by atoms with Gasteiger partial charge in [0.1, 0.15) is 0 Å². The highest BCUT2D eigenvalue weighted by Gasteiger charge is 2.20. The van der Waals surface area contributed by atoms with Gasteiger partial charge in [0.25, 0.3) is 0 Å². The zero-order valence-electron chi connectivity index (χ0n) is 15.4. The Balaban J connectivity index is 1.71. The highest BCUT2D eigenvalue weighted by atomic mass is 35.5. The Morgan fingerprint density at radius 1 is 1.31 bits per heavy atom. The Hall–Kier alpha value is -1.41. The number of amides is 1. The molecule has 1 saturated heterocycles. The lowest BCUT2D eigenvalue weighted by Crippen LogP contribution is -2.52. The lowest BCUT2D eigenvalue weighted by atomic mass is 10.2. The number of aryl methyl sites for hydroxylation is 1. The molecule has 0 spiro atoms. The zero-order chi connectivity index (χ0) is 18.9. The molecule has 0 aliphatic carbocycles. The molecule has 1 fully saturated rings. The number of thiocarbonyl (C=S) groups is 1. The summed E-state index contributed by atoms with van der Waals surface area (Å²) < 4.78 is 4.97. The molecule has 0 aromatic heterocycles. The summed E-state index contributed by atoms with van der Waals surface area (Å²) in [6.07, 6.45) is 0.832. The van der Waals surface area contributed by atoms with Crippen molar-refractivity contribution in [3.05, 3.63) is 28.8 Å². The third kappa shape index (κ3) is 6.72. The summed E-state index contributed by atoms with van der Waals surface area (Å²) >= 11 is 11.7. The fraction of sp³-hybridized carbons (Fsp3) is 0.556. The Morgan fingerprint density at radius 3 is 2.69 bits per heavy atom. The Labute approximate surface area is 165 Å². The fourth-order valence-corrected chi connectivity index (χ4v) is 3.17. The van der Waals surface area contributed by atoms with Crippen LogP contribution in [-0.4, -0.2) is 73.8 Å². The second kappa shape index (κ2) is 10.7. The van der Waals surface area contributed by atoms with Gasteiger partial charge in [-0.15, -0.1) is 0 Å². The average Bonchev–Trinajstić information content (AvgIpc) is 2.62. The maximum absolute atomic E-state index is 11.9. The molecule has 2 N–H and O–H groups in total. The van der Waals surface area contributed by atoms with Crippen molar-refractivity contribution in [2.75, 3.05) is 58.3 Å². The van der Waals surface area contributed by atoms with Crippen molar-refractivity contribution in [2.45, 2.75) is 13.3 Å². The third-order valence-electron chi connectivity index (χ3n) is 4.30. The number of carbonyl (C=O) groups is 1. The molecule has 1 aromatic rings. The molecule has 144 valence electrons. The number of piperazine rings is 1. The zero-order valence-corrected chi connectivity index (χ0v) is 17.0. The SMILES string of the molecule is COCCCNC(=O)CN1CCN(C(=S)Nc2ccc(C)c(Cl)c2)CC1. The molecule has 26 heavy (non-hydrogen) atoms. The Bertz CT molecular complexity index is 621. The first kappa shape index (κ1) is 20.9. The third-order valence-corrected chi connectivity index (χ3v) is 5.06. The summed E-state index contributed by atoms with van der Waals surface area (Å²) in [7, 11) is 1.66. The van der Waals surface area contributed by atoms with Crippen LogP contribution in [0.1, 0.15) is 12.0 Å². The van der Waals surface area contributed by atoms with Gasteiger partial charge in [0.15, 0.2) is 5.11 Å². The minimum atomic E-state index is 0.0598. The van der Waals surface area contributed by atoms with Crippen LogP contribution in [0.25, 0.3) is 0 Å². The first-order valence-corrected chi connectivity index (χ1v) is 9.58. The number of rotatable bonds is 7. The van der Waals surface area contributed by atoms with E-state index in [0.29, 0.717) is 24.8 Å². The van der Waals surface area contributed by atoms with Gasteiger partial charge in [0, 0.05) is 57.2 Å². The van der Waals surface area contributed by atoms with Gasteiger partial charge in [-0.05, 0) is 43.3 Å². The fourth-order valence-electron chi connectivity index (χ4n) is 2.69. The van der Waals surface area contributed by atoms with Crippen LogP contribution in [0.3, 0.4) is 0 Å². The van der Waals surface area contributed by atoms with E-state index in [0.717, 1.165) is 48.9 Å². The number of benzene rings is 1. The number of nitrogens with one attached hydrogen (secondary N) is 2. The highest BCUT2D eigenvalue weighted by molar-refractivity contribution is 7.80. The van der Waals surface area contributed by atoms with E-state index in [-0.39, 0.29) is 5.91 Å². The minimum absolute atomic E-state index is 0.0598. The molecule has 1 aliphatic rings. The van der Waals surface area contributed by atoms with E-state index in [1.165, 1.54) is 0 Å². The minimum Gasteiger partial charge on any atom is -0.385 e. The van der Waals surface area contributed by atoms with Gasteiger partial charge in [-0.3, -0.25) is 9.69 Å². The van der Waals surface area contributed by atoms with Crippen molar-refractivity contribution in [3.8, 4) is 0 Å². The summed E-state index contributed by atoms with van der Waals surface area (Å²) in [5, 5.41) is 7.56. The van der Waals surface area contributed by atoms with Gasteiger partial charge < -0.3 is 20.3 Å². The molecule has 8 heteroatoms. The van der Waals surface area contributed by atoms with Gasteiger partial charge in [0.2, 0.25) is 5.91 Å². The second-order valence-corrected chi connectivity index (χ2v) is 7.15. The lowest BCUT2D eigenvalue weighted by Gasteiger charge is -2.35. The molecule has 0 atom stereocenters. The summed E-state index contributed by atoms with van der Waals surface area (Å²) in [6.45, 7) is 6.91. The molecule has 0 radical (unpaired) electrons. The van der Waals surface area contributed by atoms with E-state index in [1.807, 2.05) is 25.1 Å². The van der Waals surface area contributed by atoms with Crippen molar-refractivity contribution < 1.29 is 9.53 Å². The molecule has 1 aliphatic heterocycles. The van der Waals surface area contributed by atoms with Gasteiger partial charge in [-0.2, -0.15) is 0 Å². The summed E-state index contributed by atoms with van der Waals surface area (Å²) in [5.74, 6) is 0.0598. The van der Waals surface area contributed by atoms with Crippen LogP contribution in [0.15, 0.2) is 18.2 Å². The Morgan fingerprint density at radius 2 is 2.04 bits per heavy atom. The van der Waals surface area contributed by atoms with Crippen LogP contribution < -0.4 is 10.6 Å². The first-order valence-electron chi connectivity index (χ1n) is 8.79. The molecule has 0 unspecified atom stereocenters. The van der Waals surface area contributed by atoms with Crippen molar-refractivity contribution in [3.63, 3.8) is 0 Å². The van der Waals surface area contributed by atoms with Crippen LogP contribution in [0.2, 0.25) is 5.02 Å². The molecule has 2 rings (SSSR count). The number of ether oxygens (including phenoxy) is 1. The standard InChI is InChI=1S/C18H27ClN4O2S/c1-14-4-5-15(12-16(14)19)21-18(26)23-9-7-22(8-10-23)13-17(24)20-6-3-11-25-2/h4-5,12H,3,6-11,13H2,1-2H3,(H,20,24)(H,21,26). The van der Waals surface area contributed by atoms with Crippen LogP contribution in [-0.2, 0) is 9.53 Å². The number of hydrogen-bond donors (Lipinski definition) is 2. The summed E-state index contributed by atoms with van der Waals surface area (Å²) in [5.41, 5.74) is 1.93. The lowest BCUT2D eigenvalue weighted by molar-refractivity contribution is -0.122. The monoisotopic (exact) mass is 398 g/mol. The number of carbonyl (C=O) groups excluding carboxylic acids is 1. The summed E-state index contributed by atoms with van der Waals surface area (Å²) in [4.78, 5) is 16.2. The van der Waals surface area contributed by atoms with Crippen molar-refractivity contribution in [2.24, 2.45) is 0 Å². The predicted octanol–water partition coefficient (Wildman–Crippen LogP) is 2.12. The summed E-state index contributed by atoms with van der Waals surface area (Å²) in [6, 6.07) is 5.82. The van der Waals surface area contributed by atoms with Crippen molar-refractivity contribution in [1.29, 1.82) is 0 Å². The van der Waals surface area contributed by atoms with Crippen molar-refractivity contribution >= 4 is 40.5 Å². The number of hydrogen-bond acceptors (Lipinski definition) is 4. The average molecular weight is 399 g/mol. The number of anilines is 1. The highest BCUT2D eigenvalue weighted by Crippen LogP contribution is 2.20. The van der Waals surface area contributed by atoms with Crippen molar-refractivity contribution in [1.82, 2.24) is 15.1 Å². The molecule has 0 saturated carbocycles. The molecule has 1 aromatic carbocycles. The van der Waals surface area contributed by atoms with Crippen LogP contribution in [0.4, 0.5) is 5.69 Å². The maximum atomic E-state index is 11.9. The van der Waals surface area contributed by atoms with E-state index in [1.54, 1.807) is 7.11 Å². The number of halogens is 1. The van der Waals surface area contributed by atoms with E-state index >= 15 is 0 Å². The van der Waals surface area contributed by atoms with Crippen LogP contribution in [0, 0.1) is 6.92 Å². The number of methoxy groups -OCH3 is 1. The van der Waals surface area contributed by atoms with Gasteiger partial charge >= 0.3 is 0 Å². The molecule has 6 nitrogen and oxygen atoms in total. The smallest absolute Gasteiger partial charge is 0.234 e. The second-order valence-electron chi connectivity index (χ2n) is 6.35. The molecule has 1 heterocycles. The van der Waals surface area contributed by atoms with E-state index in [9.17, 15) is 4.79 Å². The molecular weight excluding hydrogens is 372 g/mol. The quantitative estimate of drug-likeness (QED) is 0.542. The predicted molar refractivity (Wildman–Crippen MR) is 110 cm³/mol. The molecule has 1 amide bonds. The molecule has 0 bridgehead atoms. The van der Waals surface area contributed by atoms with Crippen LogP contribution in [0.5, 0.6) is 0 Å². The topological polar surface area (TPSA) is 56.8 Å². The van der Waals surface area contributed by atoms with Gasteiger partial charge in [0.05, 0.1) is 6.54 Å². The first-order chi connectivity index (χ1) is 12.5. The van der Waals surface area contributed by atoms with Gasteiger partial charge in [-0.1, -0.05) is 17.7 Å². The van der Waals surface area contributed by atoms with E-state index < -0.39 is 0 Å². The molecular formula is C18H27ClN4O2S. The van der Waals surface area contributed by atoms with Gasteiger partial charge in [-0.25, -0.2) is 0 Å². The van der Waals surface area contributed by atoms with E-state index in [2.05, 4.69) is 20.4 Å². The van der Waals surface area contributed by atoms with Crippen LogP contribution >= 0.6 is 23.8 Å².